The SMILES string of the molecule is Cn1nc(-c2ccc(O[C@@H]3O[C@H](CO)[C@@H](O[C@@H]4O[C@H](CO)[C@H](O)[C@H](O)[C@H]4O)[C@H](O)[C@H]3O)cc2)nc2c(=O)n(C)c(=O)nc1-2. The number of rotatable bonds is 7. The third-order valence-corrected chi connectivity index (χ3v) is 7.30. The van der Waals surface area contributed by atoms with E-state index in [0.29, 0.717) is 5.56 Å². The highest BCUT2D eigenvalue weighted by Gasteiger charge is 2.51. The highest BCUT2D eigenvalue weighted by molar-refractivity contribution is 5.60. The Labute approximate surface area is 241 Å². The minimum atomic E-state index is -1.79. The summed E-state index contributed by atoms with van der Waals surface area (Å²) in [6.07, 6.45) is -15.8. The van der Waals surface area contributed by atoms with Gasteiger partial charge in [-0.05, 0) is 24.3 Å². The first-order chi connectivity index (χ1) is 20.4. The molecule has 18 nitrogen and oxygen atoms in total. The first-order valence-corrected chi connectivity index (χ1v) is 13.1. The predicted molar refractivity (Wildman–Crippen MR) is 139 cm³/mol. The smallest absolute Gasteiger partial charge is 0.352 e. The van der Waals surface area contributed by atoms with Gasteiger partial charge in [0.2, 0.25) is 6.29 Å². The summed E-state index contributed by atoms with van der Waals surface area (Å²) in [5.41, 5.74) is -0.968. The molecule has 43 heavy (non-hydrogen) atoms. The van der Waals surface area contributed by atoms with Gasteiger partial charge >= 0.3 is 5.69 Å². The number of hydrogen-bond acceptors (Lipinski definition) is 16. The van der Waals surface area contributed by atoms with Crippen LogP contribution in [0.5, 0.6) is 5.75 Å². The lowest BCUT2D eigenvalue weighted by Gasteiger charge is -2.45. The molecule has 0 aliphatic carbocycles. The van der Waals surface area contributed by atoms with Gasteiger partial charge in [-0.1, -0.05) is 0 Å². The lowest BCUT2D eigenvalue weighted by molar-refractivity contribution is -0.352. The molecule has 10 atom stereocenters. The quantitative estimate of drug-likeness (QED) is 0.132. The van der Waals surface area contributed by atoms with Crippen molar-refractivity contribution in [2.75, 3.05) is 13.2 Å². The van der Waals surface area contributed by atoms with E-state index in [2.05, 4.69) is 15.1 Å². The van der Waals surface area contributed by atoms with Crippen LogP contribution in [0.15, 0.2) is 33.9 Å². The fourth-order valence-corrected chi connectivity index (χ4v) is 4.79. The van der Waals surface area contributed by atoms with Gasteiger partial charge in [0.15, 0.2) is 23.6 Å². The van der Waals surface area contributed by atoms with Crippen LogP contribution in [-0.2, 0) is 28.3 Å². The molecular weight excluding hydrogens is 578 g/mol. The van der Waals surface area contributed by atoms with E-state index in [1.165, 1.54) is 30.9 Å². The van der Waals surface area contributed by atoms with Gasteiger partial charge in [0.05, 0.1) is 13.2 Å². The molecule has 5 rings (SSSR count). The molecule has 1 aromatic carbocycles. The summed E-state index contributed by atoms with van der Waals surface area (Å²) < 4.78 is 24.2. The van der Waals surface area contributed by atoms with Crippen LogP contribution in [-0.4, -0.2) is 135 Å². The van der Waals surface area contributed by atoms with Crippen molar-refractivity contribution in [3.05, 3.63) is 45.1 Å². The Balaban J connectivity index is 1.30. The van der Waals surface area contributed by atoms with Crippen LogP contribution < -0.4 is 16.0 Å². The Kier molecular flexibility index (Phi) is 8.86. The van der Waals surface area contributed by atoms with Crippen molar-refractivity contribution in [2.24, 2.45) is 14.1 Å². The van der Waals surface area contributed by atoms with E-state index in [0.717, 1.165) is 4.57 Å². The van der Waals surface area contributed by atoms with Crippen molar-refractivity contribution in [2.45, 2.75) is 61.4 Å². The van der Waals surface area contributed by atoms with Gasteiger partial charge in [-0.3, -0.25) is 9.36 Å². The molecular formula is C25H31N5O13. The molecule has 0 aromatic heterocycles. The summed E-state index contributed by atoms with van der Waals surface area (Å²) in [7, 11) is 2.80. The molecule has 0 bridgehead atoms. The predicted octanol–water partition coefficient (Wildman–Crippen LogP) is -4.96. The van der Waals surface area contributed by atoms with Gasteiger partial charge in [-0.15, -0.1) is 0 Å². The summed E-state index contributed by atoms with van der Waals surface area (Å²) in [5, 5.41) is 75.3. The number of nitrogens with zero attached hydrogens (tertiary/aromatic N) is 5. The monoisotopic (exact) mass is 609 g/mol. The second-order valence-electron chi connectivity index (χ2n) is 10.1. The van der Waals surface area contributed by atoms with E-state index in [-0.39, 0.29) is 23.1 Å². The fourth-order valence-electron chi connectivity index (χ4n) is 4.79. The van der Waals surface area contributed by atoms with Crippen LogP contribution in [0.2, 0.25) is 0 Å². The number of aliphatic hydroxyl groups is 7. The average Bonchev–Trinajstić information content (AvgIpc) is 3.00. The van der Waals surface area contributed by atoms with E-state index in [4.69, 9.17) is 18.9 Å². The molecule has 234 valence electrons. The maximum atomic E-state index is 12.5. The van der Waals surface area contributed by atoms with Crippen molar-refractivity contribution in [1.29, 1.82) is 0 Å². The van der Waals surface area contributed by atoms with Crippen molar-refractivity contribution in [1.82, 2.24) is 24.3 Å². The van der Waals surface area contributed by atoms with Crippen molar-refractivity contribution in [3.8, 4) is 28.7 Å². The number of fused-ring (bicyclic) bond motifs is 1. The Morgan fingerprint density at radius 1 is 0.814 bits per heavy atom. The van der Waals surface area contributed by atoms with Gasteiger partial charge in [0.1, 0.15) is 54.6 Å². The normalized spacial score (nSPS) is 33.0. The van der Waals surface area contributed by atoms with Gasteiger partial charge in [0.25, 0.3) is 5.56 Å². The van der Waals surface area contributed by atoms with Crippen molar-refractivity contribution < 1.29 is 54.7 Å². The van der Waals surface area contributed by atoms with Gasteiger partial charge in [-0.25, -0.2) is 14.5 Å². The van der Waals surface area contributed by atoms with E-state index in [9.17, 15) is 45.3 Å². The molecule has 0 spiro atoms. The zero-order chi connectivity index (χ0) is 31.2. The summed E-state index contributed by atoms with van der Waals surface area (Å²) in [4.78, 5) is 32.5. The summed E-state index contributed by atoms with van der Waals surface area (Å²) >= 11 is 0. The number of hydrogen-bond donors (Lipinski definition) is 7. The molecule has 4 heterocycles. The standard InChI is InChI=1S/C25H31N5O13/c1-29-22(38)13-21(27-25(29)39)30(2)28-20(26-13)9-3-5-10(6-4-9)40-23-18(37)16(35)19(12(8-32)42-23)43-24-17(36)15(34)14(33)11(7-31)41-24/h3-6,11-12,14-19,23-24,31-37H,7-8H2,1-2H3/t11-,12-,14+,15+,16-,17-,18-,19-,23-,24+/m1/s1. The van der Waals surface area contributed by atoms with Gasteiger partial charge in [0, 0.05) is 19.7 Å². The number of benzene rings is 1. The maximum absolute atomic E-state index is 12.5. The lowest BCUT2D eigenvalue weighted by atomic mass is 9.97. The highest BCUT2D eigenvalue weighted by atomic mass is 16.7. The Bertz CT molecular complexity index is 1510. The Morgan fingerprint density at radius 2 is 1.44 bits per heavy atom. The first-order valence-electron chi connectivity index (χ1n) is 13.1. The molecule has 0 unspecified atom stereocenters. The molecule has 2 fully saturated rings. The number of aromatic nitrogens is 5. The number of aryl methyl sites for hydroxylation is 1. The second kappa shape index (κ2) is 12.3. The molecule has 7 N–H and O–H groups in total. The van der Waals surface area contributed by atoms with Crippen molar-refractivity contribution >= 4 is 0 Å². The van der Waals surface area contributed by atoms with Crippen LogP contribution in [0.4, 0.5) is 0 Å². The van der Waals surface area contributed by atoms with E-state index >= 15 is 0 Å². The summed E-state index contributed by atoms with van der Waals surface area (Å²) in [5.74, 6) is 0.340. The third kappa shape index (κ3) is 5.77. The zero-order valence-corrected chi connectivity index (χ0v) is 22.8. The van der Waals surface area contributed by atoms with Crippen molar-refractivity contribution in [3.63, 3.8) is 0 Å². The topological polar surface area (TPSA) is 261 Å². The minimum absolute atomic E-state index is 0.0195. The molecule has 4 aliphatic rings. The van der Waals surface area contributed by atoms with Crippen LogP contribution in [0, 0.1) is 0 Å². The highest BCUT2D eigenvalue weighted by Crippen LogP contribution is 2.31. The fraction of sp³-hybridized carbons (Fsp3) is 0.560. The zero-order valence-electron chi connectivity index (χ0n) is 22.8. The van der Waals surface area contributed by atoms with E-state index < -0.39 is 85.9 Å². The Hall–Kier alpha value is -3.43. The Morgan fingerprint density at radius 3 is 2.09 bits per heavy atom. The molecule has 0 radical (unpaired) electrons. The van der Waals surface area contributed by atoms with E-state index in [1.54, 1.807) is 12.1 Å². The molecule has 0 saturated carbocycles. The third-order valence-electron chi connectivity index (χ3n) is 7.30. The molecule has 0 amide bonds. The molecule has 1 aromatic rings. The number of ether oxygens (including phenoxy) is 4. The average molecular weight is 610 g/mol. The summed E-state index contributed by atoms with van der Waals surface area (Å²) in [6.45, 7) is -1.43. The largest absolute Gasteiger partial charge is 0.462 e. The molecule has 2 saturated heterocycles. The second-order valence-corrected chi connectivity index (χ2v) is 10.1. The van der Waals surface area contributed by atoms with Gasteiger partial charge < -0.3 is 54.7 Å². The minimum Gasteiger partial charge on any atom is -0.462 e. The lowest BCUT2D eigenvalue weighted by Crippen LogP contribution is -2.65. The van der Waals surface area contributed by atoms with Gasteiger partial charge in [-0.2, -0.15) is 10.1 Å². The molecule has 4 aliphatic heterocycles. The molecule has 18 heteroatoms. The van der Waals surface area contributed by atoms with Crippen LogP contribution in [0.1, 0.15) is 0 Å². The first kappa shape index (κ1) is 31.0. The van der Waals surface area contributed by atoms with Crippen LogP contribution in [0.3, 0.4) is 0 Å². The van der Waals surface area contributed by atoms with E-state index in [1.807, 2.05) is 0 Å². The van der Waals surface area contributed by atoms with Crippen LogP contribution >= 0.6 is 0 Å². The summed E-state index contributed by atoms with van der Waals surface area (Å²) in [6, 6.07) is 6.06. The van der Waals surface area contributed by atoms with Crippen LogP contribution in [0.25, 0.3) is 22.9 Å². The number of aliphatic hydroxyl groups excluding tert-OH is 7. The maximum Gasteiger partial charge on any atom is 0.352 e.